The molecular weight excluding hydrogens is 466 g/mol. The van der Waals surface area contributed by atoms with E-state index in [2.05, 4.69) is 15.2 Å². The maximum atomic E-state index is 13.6. The summed E-state index contributed by atoms with van der Waals surface area (Å²) in [5.41, 5.74) is 3.12. The van der Waals surface area contributed by atoms with Gasteiger partial charge in [0.1, 0.15) is 5.15 Å². The molecule has 5 rings (SSSR count). The molecule has 0 amide bonds. The van der Waals surface area contributed by atoms with Crippen molar-refractivity contribution in [3.05, 3.63) is 56.6 Å². The SMILES string of the molecule is CCn1c(N2CCC3(CC2)CC3)nc2c([C@@H](C)Nc3ccc(Cl)nc3C(=O)O)cc(C)cc2c1=O. The minimum absolute atomic E-state index is 0.0456. The van der Waals surface area contributed by atoms with Crippen LogP contribution in [0.5, 0.6) is 0 Å². The van der Waals surface area contributed by atoms with Crippen LogP contribution in [0.4, 0.5) is 11.6 Å². The second kappa shape index (κ2) is 8.82. The third-order valence-corrected chi connectivity index (χ3v) is 7.71. The van der Waals surface area contributed by atoms with Crippen LogP contribution in [0, 0.1) is 12.3 Å². The molecule has 3 aromatic rings. The normalized spacial score (nSPS) is 17.5. The molecule has 35 heavy (non-hydrogen) atoms. The molecule has 184 valence electrons. The van der Waals surface area contributed by atoms with Gasteiger partial charge in [0.2, 0.25) is 5.95 Å². The van der Waals surface area contributed by atoms with E-state index in [0.717, 1.165) is 43.0 Å². The molecule has 1 atom stereocenters. The second-order valence-electron chi connectivity index (χ2n) is 9.90. The number of pyridine rings is 1. The first kappa shape index (κ1) is 23.6. The Labute approximate surface area is 209 Å². The third kappa shape index (κ3) is 4.35. The van der Waals surface area contributed by atoms with E-state index in [9.17, 15) is 14.7 Å². The van der Waals surface area contributed by atoms with Crippen LogP contribution in [-0.2, 0) is 6.54 Å². The number of nitrogens with one attached hydrogen (secondary N) is 1. The Morgan fingerprint density at radius 2 is 1.91 bits per heavy atom. The van der Waals surface area contributed by atoms with Crippen molar-refractivity contribution in [1.29, 1.82) is 0 Å². The highest BCUT2D eigenvalue weighted by atomic mass is 35.5. The highest BCUT2D eigenvalue weighted by Crippen LogP contribution is 2.53. The lowest BCUT2D eigenvalue weighted by molar-refractivity contribution is 0.0691. The summed E-state index contributed by atoms with van der Waals surface area (Å²) in [7, 11) is 0. The predicted molar refractivity (Wildman–Crippen MR) is 138 cm³/mol. The zero-order valence-electron chi connectivity index (χ0n) is 20.3. The van der Waals surface area contributed by atoms with Gasteiger partial charge < -0.3 is 15.3 Å². The van der Waals surface area contributed by atoms with Gasteiger partial charge in [-0.25, -0.2) is 14.8 Å². The van der Waals surface area contributed by atoms with Gasteiger partial charge in [0.15, 0.2) is 5.69 Å². The molecule has 1 spiro atoms. The average Bonchev–Trinajstić information content (AvgIpc) is 3.59. The molecule has 1 saturated heterocycles. The molecule has 0 unspecified atom stereocenters. The molecule has 3 heterocycles. The summed E-state index contributed by atoms with van der Waals surface area (Å²) in [4.78, 5) is 36.6. The lowest BCUT2D eigenvalue weighted by atomic mass is 9.94. The van der Waals surface area contributed by atoms with Crippen LogP contribution in [0.25, 0.3) is 10.9 Å². The number of anilines is 2. The van der Waals surface area contributed by atoms with Crippen molar-refractivity contribution < 1.29 is 9.90 Å². The van der Waals surface area contributed by atoms with Gasteiger partial charge in [-0.2, -0.15) is 0 Å². The molecule has 1 aliphatic carbocycles. The molecule has 2 aliphatic rings. The van der Waals surface area contributed by atoms with E-state index in [1.54, 1.807) is 16.7 Å². The third-order valence-electron chi connectivity index (χ3n) is 7.50. The van der Waals surface area contributed by atoms with Crippen LogP contribution >= 0.6 is 11.6 Å². The highest BCUT2D eigenvalue weighted by Gasteiger charge is 2.45. The Kier molecular flexibility index (Phi) is 5.95. The van der Waals surface area contributed by atoms with Crippen molar-refractivity contribution in [3.63, 3.8) is 0 Å². The van der Waals surface area contributed by atoms with E-state index in [-0.39, 0.29) is 22.4 Å². The summed E-state index contributed by atoms with van der Waals surface area (Å²) in [5.74, 6) is -0.446. The standard InChI is InChI=1S/C26H30ClN5O3/c1-4-32-23(33)18-14-15(2)13-17(16(3)28-19-5-6-20(27)29-22(19)24(34)35)21(18)30-25(32)31-11-9-26(7-8-26)10-12-31/h5-6,13-14,16,28H,4,7-12H2,1-3H3,(H,34,35)/t16-/m1/s1. The maximum absolute atomic E-state index is 13.6. The molecule has 1 saturated carbocycles. The first-order valence-electron chi connectivity index (χ1n) is 12.2. The van der Waals surface area contributed by atoms with Gasteiger partial charge in [-0.05, 0) is 75.6 Å². The van der Waals surface area contributed by atoms with Crippen LogP contribution < -0.4 is 15.8 Å². The first-order chi connectivity index (χ1) is 16.7. The van der Waals surface area contributed by atoms with Crippen molar-refractivity contribution in [2.24, 2.45) is 5.41 Å². The molecule has 1 aliphatic heterocycles. The number of aromatic nitrogens is 3. The van der Waals surface area contributed by atoms with Crippen molar-refractivity contribution >= 4 is 40.1 Å². The van der Waals surface area contributed by atoms with E-state index in [0.29, 0.717) is 28.6 Å². The van der Waals surface area contributed by atoms with Gasteiger partial charge >= 0.3 is 5.97 Å². The maximum Gasteiger partial charge on any atom is 0.356 e. The largest absolute Gasteiger partial charge is 0.476 e. The molecule has 1 aromatic carbocycles. The Hall–Kier alpha value is -3.13. The predicted octanol–water partition coefficient (Wildman–Crippen LogP) is 5.02. The smallest absolute Gasteiger partial charge is 0.356 e. The summed E-state index contributed by atoms with van der Waals surface area (Å²) >= 11 is 5.92. The lowest BCUT2D eigenvalue weighted by Gasteiger charge is -2.34. The van der Waals surface area contributed by atoms with Crippen LogP contribution in [0.1, 0.15) is 67.2 Å². The van der Waals surface area contributed by atoms with Gasteiger partial charge in [-0.15, -0.1) is 0 Å². The van der Waals surface area contributed by atoms with Gasteiger partial charge in [0.25, 0.3) is 5.56 Å². The zero-order chi connectivity index (χ0) is 24.9. The van der Waals surface area contributed by atoms with Crippen molar-refractivity contribution in [3.8, 4) is 0 Å². The van der Waals surface area contributed by atoms with Crippen LogP contribution in [0.3, 0.4) is 0 Å². The molecular formula is C26H30ClN5O3. The minimum atomic E-state index is -1.17. The number of hydrogen-bond acceptors (Lipinski definition) is 6. The van der Waals surface area contributed by atoms with Crippen LogP contribution in [0.15, 0.2) is 29.1 Å². The number of piperidine rings is 1. The van der Waals surface area contributed by atoms with E-state index in [4.69, 9.17) is 16.6 Å². The number of fused-ring (bicyclic) bond motifs is 1. The monoisotopic (exact) mass is 495 g/mol. The Morgan fingerprint density at radius 3 is 2.54 bits per heavy atom. The van der Waals surface area contributed by atoms with Crippen LogP contribution in [-0.4, -0.2) is 38.7 Å². The molecule has 2 fully saturated rings. The first-order valence-corrected chi connectivity index (χ1v) is 12.6. The fraction of sp³-hybridized carbons (Fsp3) is 0.462. The number of halogens is 1. The molecule has 9 heteroatoms. The zero-order valence-corrected chi connectivity index (χ0v) is 21.0. The fourth-order valence-corrected chi connectivity index (χ4v) is 5.38. The number of aryl methyl sites for hydroxylation is 1. The van der Waals surface area contributed by atoms with Crippen molar-refractivity contribution in [2.75, 3.05) is 23.3 Å². The summed E-state index contributed by atoms with van der Waals surface area (Å²) in [5, 5.41) is 13.5. The number of carboxylic acid groups (broad SMARTS) is 1. The van der Waals surface area contributed by atoms with Gasteiger partial charge in [-0.3, -0.25) is 9.36 Å². The fourth-order valence-electron chi connectivity index (χ4n) is 5.23. The molecule has 2 aromatic heterocycles. The van der Waals surface area contributed by atoms with Gasteiger partial charge in [0, 0.05) is 25.2 Å². The van der Waals surface area contributed by atoms with Gasteiger partial charge in [0.05, 0.1) is 22.6 Å². The number of hydrogen-bond donors (Lipinski definition) is 2. The minimum Gasteiger partial charge on any atom is -0.476 e. The number of rotatable bonds is 6. The lowest BCUT2D eigenvalue weighted by Crippen LogP contribution is -2.39. The summed E-state index contributed by atoms with van der Waals surface area (Å²) in [6.07, 6.45) is 4.92. The molecule has 2 N–H and O–H groups in total. The topological polar surface area (TPSA) is 100 Å². The van der Waals surface area contributed by atoms with Crippen molar-refractivity contribution in [2.45, 2.75) is 59.0 Å². The van der Waals surface area contributed by atoms with Gasteiger partial charge in [-0.1, -0.05) is 17.7 Å². The van der Waals surface area contributed by atoms with Crippen LogP contribution in [0.2, 0.25) is 5.15 Å². The van der Waals surface area contributed by atoms with E-state index in [1.165, 1.54) is 12.8 Å². The van der Waals surface area contributed by atoms with E-state index < -0.39 is 5.97 Å². The number of carbonyl (C=O) groups is 1. The molecule has 0 bridgehead atoms. The quantitative estimate of drug-likeness (QED) is 0.463. The summed E-state index contributed by atoms with van der Waals surface area (Å²) < 4.78 is 1.78. The second-order valence-corrected chi connectivity index (χ2v) is 10.3. The number of nitrogens with zero attached hydrogens (tertiary/aromatic N) is 4. The summed E-state index contributed by atoms with van der Waals surface area (Å²) in [6, 6.07) is 6.73. The Bertz CT molecular complexity index is 1370. The summed E-state index contributed by atoms with van der Waals surface area (Å²) in [6.45, 7) is 8.22. The van der Waals surface area contributed by atoms with Crippen molar-refractivity contribution in [1.82, 2.24) is 14.5 Å². The number of aromatic carboxylic acids is 1. The number of carboxylic acids is 1. The Balaban J connectivity index is 1.58. The highest BCUT2D eigenvalue weighted by molar-refractivity contribution is 6.29. The molecule has 8 nitrogen and oxygen atoms in total. The number of benzene rings is 1. The Morgan fingerprint density at radius 1 is 1.20 bits per heavy atom. The molecule has 0 radical (unpaired) electrons. The van der Waals surface area contributed by atoms with E-state index >= 15 is 0 Å². The van der Waals surface area contributed by atoms with E-state index in [1.807, 2.05) is 32.9 Å². The average molecular weight is 496 g/mol.